The number of halogens is 1. The van der Waals surface area contributed by atoms with Crippen LogP contribution in [0.15, 0.2) is 24.3 Å². The number of hydrogen-bond donors (Lipinski definition) is 4. The number of amidine groups is 1. The molecule has 0 spiro atoms. The van der Waals surface area contributed by atoms with Crippen molar-refractivity contribution in [3.8, 4) is 0 Å². The Bertz CT molecular complexity index is 762. The van der Waals surface area contributed by atoms with E-state index in [1.54, 1.807) is 12.1 Å². The molecule has 0 aliphatic heterocycles. The van der Waals surface area contributed by atoms with Crippen LogP contribution in [0, 0.1) is 11.2 Å². The van der Waals surface area contributed by atoms with E-state index in [0.717, 1.165) is 12.8 Å². The lowest BCUT2D eigenvalue weighted by Crippen LogP contribution is -2.29. The first-order chi connectivity index (χ1) is 11.4. The normalized spacial score (nSPS) is 12.0. The van der Waals surface area contributed by atoms with Crippen molar-refractivity contribution in [2.75, 3.05) is 11.9 Å². The van der Waals surface area contributed by atoms with Crippen LogP contribution in [0.4, 0.5) is 10.2 Å². The molecule has 1 heterocycles. The summed E-state index contributed by atoms with van der Waals surface area (Å²) in [6.07, 6.45) is 1.63. The van der Waals surface area contributed by atoms with Gasteiger partial charge in [0.2, 0.25) is 5.91 Å². The van der Waals surface area contributed by atoms with Gasteiger partial charge in [0.05, 0.1) is 11.1 Å². The third-order valence-corrected chi connectivity index (χ3v) is 3.68. The zero-order chi connectivity index (χ0) is 17.7. The number of aromatic nitrogens is 1. The number of fused-ring (bicyclic) bond motifs is 1. The summed E-state index contributed by atoms with van der Waals surface area (Å²) in [5.74, 6) is -0.339. The average Bonchev–Trinajstić information content (AvgIpc) is 2.53. The average molecular weight is 331 g/mol. The number of carbonyl (C=O) groups excluding carboxylic acids is 1. The van der Waals surface area contributed by atoms with Gasteiger partial charge >= 0.3 is 0 Å². The predicted molar refractivity (Wildman–Crippen MR) is 93.7 cm³/mol. The van der Waals surface area contributed by atoms with Gasteiger partial charge in [0, 0.05) is 24.9 Å². The van der Waals surface area contributed by atoms with E-state index in [2.05, 4.69) is 15.6 Å². The summed E-state index contributed by atoms with van der Waals surface area (Å²) in [7, 11) is 0. The molecule has 1 aromatic heterocycles. The van der Waals surface area contributed by atoms with Crippen LogP contribution in [-0.4, -0.2) is 29.3 Å². The molecular weight excluding hydrogens is 309 g/mol. The largest absolute Gasteiger partial charge is 0.369 e. The van der Waals surface area contributed by atoms with Gasteiger partial charge in [0.25, 0.3) is 0 Å². The van der Waals surface area contributed by atoms with Crippen molar-refractivity contribution in [3.05, 3.63) is 35.6 Å². The van der Waals surface area contributed by atoms with Crippen molar-refractivity contribution in [1.82, 2.24) is 10.3 Å². The lowest BCUT2D eigenvalue weighted by atomic mass is 10.1. The highest BCUT2D eigenvalue weighted by molar-refractivity contribution is 6.10. The second-order valence-electron chi connectivity index (χ2n) is 5.66. The molecule has 1 unspecified atom stereocenters. The van der Waals surface area contributed by atoms with Gasteiger partial charge in [0.15, 0.2) is 0 Å². The smallest absolute Gasteiger partial charge is 0.222 e. The van der Waals surface area contributed by atoms with E-state index in [1.807, 2.05) is 6.92 Å². The number of carbonyl (C=O) groups is 1. The highest BCUT2D eigenvalue weighted by Crippen LogP contribution is 2.21. The molecule has 5 N–H and O–H groups in total. The van der Waals surface area contributed by atoms with Crippen molar-refractivity contribution in [2.24, 2.45) is 5.73 Å². The number of nitrogens with two attached hydrogens (primary N) is 1. The Labute approximate surface area is 140 Å². The van der Waals surface area contributed by atoms with Crippen LogP contribution >= 0.6 is 0 Å². The zero-order valence-corrected chi connectivity index (χ0v) is 13.8. The SMILES string of the molecule is CCC(N)CCNc1nc2ccc(F)cc2cc1C(=N)NC(C)=O. The second kappa shape index (κ2) is 7.83. The van der Waals surface area contributed by atoms with Crippen LogP contribution in [0.5, 0.6) is 0 Å². The Morgan fingerprint density at radius 2 is 2.17 bits per heavy atom. The summed E-state index contributed by atoms with van der Waals surface area (Å²) in [4.78, 5) is 15.7. The number of anilines is 1. The summed E-state index contributed by atoms with van der Waals surface area (Å²) < 4.78 is 13.4. The molecule has 2 rings (SSSR count). The summed E-state index contributed by atoms with van der Waals surface area (Å²) in [6, 6.07) is 6.00. The minimum Gasteiger partial charge on any atom is -0.369 e. The number of benzene rings is 1. The van der Waals surface area contributed by atoms with E-state index in [-0.39, 0.29) is 23.6 Å². The molecule has 6 nitrogen and oxygen atoms in total. The van der Waals surface area contributed by atoms with E-state index in [9.17, 15) is 9.18 Å². The molecule has 0 saturated heterocycles. The molecule has 1 aromatic carbocycles. The van der Waals surface area contributed by atoms with Crippen LogP contribution in [0.1, 0.15) is 32.3 Å². The highest BCUT2D eigenvalue weighted by atomic mass is 19.1. The van der Waals surface area contributed by atoms with Gasteiger partial charge in [-0.25, -0.2) is 9.37 Å². The van der Waals surface area contributed by atoms with E-state index in [4.69, 9.17) is 11.1 Å². The molecule has 0 saturated carbocycles. The van der Waals surface area contributed by atoms with Crippen LogP contribution < -0.4 is 16.4 Å². The Balaban J connectivity index is 2.35. The van der Waals surface area contributed by atoms with E-state index < -0.39 is 0 Å². The number of pyridine rings is 1. The lowest BCUT2D eigenvalue weighted by Gasteiger charge is -2.15. The van der Waals surface area contributed by atoms with Crippen LogP contribution in [0.2, 0.25) is 0 Å². The Hall–Kier alpha value is -2.54. The second-order valence-corrected chi connectivity index (χ2v) is 5.66. The van der Waals surface area contributed by atoms with Gasteiger partial charge in [-0.3, -0.25) is 10.2 Å². The molecule has 0 aliphatic rings. The quantitative estimate of drug-likeness (QED) is 0.482. The summed E-state index contributed by atoms with van der Waals surface area (Å²) in [5, 5.41) is 14.2. The van der Waals surface area contributed by atoms with Crippen molar-refractivity contribution in [2.45, 2.75) is 32.7 Å². The highest BCUT2D eigenvalue weighted by Gasteiger charge is 2.13. The summed E-state index contributed by atoms with van der Waals surface area (Å²) >= 11 is 0. The molecule has 7 heteroatoms. The standard InChI is InChI=1S/C17H22FN5O/c1-3-13(19)6-7-21-17-14(16(20)22-10(2)24)9-11-8-12(18)4-5-15(11)23-17/h4-5,8-9,13H,3,6-7,19H2,1-2H3,(H,21,23)(H2,20,22,24). The van der Waals surface area contributed by atoms with Gasteiger partial charge < -0.3 is 16.4 Å². The summed E-state index contributed by atoms with van der Waals surface area (Å²) in [5.41, 5.74) is 6.93. The molecular formula is C17H22FN5O. The fourth-order valence-corrected chi connectivity index (χ4v) is 2.30. The van der Waals surface area contributed by atoms with Crippen LogP contribution in [0.3, 0.4) is 0 Å². The maximum Gasteiger partial charge on any atom is 0.222 e. The zero-order valence-electron chi connectivity index (χ0n) is 13.8. The molecule has 1 atom stereocenters. The number of hydrogen-bond acceptors (Lipinski definition) is 5. The minimum absolute atomic E-state index is 0.0801. The number of amides is 1. The third-order valence-electron chi connectivity index (χ3n) is 3.68. The number of nitrogens with one attached hydrogen (secondary N) is 3. The topological polar surface area (TPSA) is 104 Å². The maximum atomic E-state index is 13.4. The third kappa shape index (κ3) is 4.48. The molecule has 1 amide bonds. The van der Waals surface area contributed by atoms with Crippen LogP contribution in [-0.2, 0) is 4.79 Å². The van der Waals surface area contributed by atoms with Gasteiger partial charge in [-0.2, -0.15) is 0 Å². The van der Waals surface area contributed by atoms with E-state index >= 15 is 0 Å². The molecule has 128 valence electrons. The van der Waals surface area contributed by atoms with E-state index in [1.165, 1.54) is 19.1 Å². The van der Waals surface area contributed by atoms with Gasteiger partial charge in [0.1, 0.15) is 17.5 Å². The lowest BCUT2D eigenvalue weighted by molar-refractivity contribution is -0.117. The molecule has 2 aromatic rings. The van der Waals surface area contributed by atoms with Crippen LogP contribution in [0.25, 0.3) is 10.9 Å². The first kappa shape index (κ1) is 17.8. The number of nitrogens with zero attached hydrogens (tertiary/aromatic N) is 1. The number of rotatable bonds is 6. The van der Waals surface area contributed by atoms with Crippen molar-refractivity contribution >= 4 is 28.5 Å². The van der Waals surface area contributed by atoms with Gasteiger partial charge in [-0.1, -0.05) is 6.92 Å². The van der Waals surface area contributed by atoms with Crippen molar-refractivity contribution in [3.63, 3.8) is 0 Å². The monoisotopic (exact) mass is 331 g/mol. The molecule has 24 heavy (non-hydrogen) atoms. The first-order valence-electron chi connectivity index (χ1n) is 7.87. The summed E-state index contributed by atoms with van der Waals surface area (Å²) in [6.45, 7) is 3.94. The maximum absolute atomic E-state index is 13.4. The Morgan fingerprint density at radius 3 is 2.83 bits per heavy atom. The molecule has 0 radical (unpaired) electrons. The fourth-order valence-electron chi connectivity index (χ4n) is 2.30. The molecule has 0 fully saturated rings. The fraction of sp³-hybridized carbons (Fsp3) is 0.353. The Kier molecular flexibility index (Phi) is 5.81. The van der Waals surface area contributed by atoms with Crippen molar-refractivity contribution < 1.29 is 9.18 Å². The van der Waals surface area contributed by atoms with Gasteiger partial charge in [-0.05, 0) is 37.1 Å². The minimum atomic E-state index is -0.379. The molecule has 0 bridgehead atoms. The predicted octanol–water partition coefficient (Wildman–Crippen LogP) is 2.37. The Morgan fingerprint density at radius 1 is 1.42 bits per heavy atom. The van der Waals surface area contributed by atoms with E-state index in [0.29, 0.717) is 28.8 Å². The molecule has 0 aliphatic carbocycles. The first-order valence-corrected chi connectivity index (χ1v) is 7.87. The van der Waals surface area contributed by atoms with Gasteiger partial charge in [-0.15, -0.1) is 0 Å². The van der Waals surface area contributed by atoms with Crippen molar-refractivity contribution in [1.29, 1.82) is 5.41 Å².